The molecular weight excluding hydrogens is 280 g/mol. The molecule has 4 rings (SSSR count). The van der Waals surface area contributed by atoms with Gasteiger partial charge in [0.2, 0.25) is 5.95 Å². The summed E-state index contributed by atoms with van der Waals surface area (Å²) in [6.07, 6.45) is 5.19. The van der Waals surface area contributed by atoms with E-state index in [4.69, 9.17) is 0 Å². The van der Waals surface area contributed by atoms with E-state index in [0.717, 1.165) is 48.8 Å². The smallest absolute Gasteiger partial charge is 0.225 e. The molecule has 22 heavy (non-hydrogen) atoms. The Bertz CT molecular complexity index is 799. The summed E-state index contributed by atoms with van der Waals surface area (Å²) in [5, 5.41) is 15.4. The van der Waals surface area contributed by atoms with Gasteiger partial charge in [-0.1, -0.05) is 0 Å². The van der Waals surface area contributed by atoms with Crippen LogP contribution in [0.1, 0.15) is 0 Å². The van der Waals surface area contributed by atoms with Gasteiger partial charge in [0, 0.05) is 49.5 Å². The Morgan fingerprint density at radius 1 is 1.09 bits per heavy atom. The standard InChI is InChI=1S/C14H14N8/c1-2-16-14(22-5-3-15-4-6-22)19-12(1)10-7-11-9-18-21-20-13(11)17-8-10/h1-2,7-9,15H,3-6H2. The summed E-state index contributed by atoms with van der Waals surface area (Å²) in [6.45, 7) is 3.74. The van der Waals surface area contributed by atoms with Gasteiger partial charge in [-0.15, -0.1) is 10.2 Å². The van der Waals surface area contributed by atoms with Crippen LogP contribution in [-0.4, -0.2) is 56.5 Å². The predicted octanol–water partition coefficient (Wildman–Crippen LogP) is 0.286. The molecule has 4 heterocycles. The summed E-state index contributed by atoms with van der Waals surface area (Å²) < 4.78 is 0. The number of hydrogen-bond acceptors (Lipinski definition) is 8. The first-order chi connectivity index (χ1) is 10.9. The number of hydrogen-bond donors (Lipinski definition) is 1. The normalized spacial score (nSPS) is 15.2. The molecule has 1 saturated heterocycles. The van der Waals surface area contributed by atoms with E-state index in [0.29, 0.717) is 5.65 Å². The lowest BCUT2D eigenvalue weighted by molar-refractivity contribution is 0.580. The van der Waals surface area contributed by atoms with Gasteiger partial charge < -0.3 is 10.2 Å². The Hall–Kier alpha value is -2.74. The molecule has 110 valence electrons. The van der Waals surface area contributed by atoms with E-state index in [1.807, 2.05) is 12.1 Å². The van der Waals surface area contributed by atoms with Gasteiger partial charge in [-0.05, 0) is 17.3 Å². The summed E-state index contributed by atoms with van der Waals surface area (Å²) in [5.74, 6) is 0.755. The van der Waals surface area contributed by atoms with Crippen molar-refractivity contribution in [3.05, 3.63) is 30.7 Å². The molecule has 1 N–H and O–H groups in total. The van der Waals surface area contributed by atoms with Crippen LogP contribution >= 0.6 is 0 Å². The number of fused-ring (bicyclic) bond motifs is 1. The SMILES string of the molecule is c1cc(-c2cnc3nnncc3c2)nc(N2CCNCC2)n1. The monoisotopic (exact) mass is 294 g/mol. The third-order valence-corrected chi connectivity index (χ3v) is 3.62. The first-order valence-electron chi connectivity index (χ1n) is 7.13. The van der Waals surface area contributed by atoms with Crippen LogP contribution in [0.2, 0.25) is 0 Å². The molecule has 8 nitrogen and oxygen atoms in total. The van der Waals surface area contributed by atoms with Crippen LogP contribution in [0, 0.1) is 0 Å². The highest BCUT2D eigenvalue weighted by Gasteiger charge is 2.14. The third kappa shape index (κ3) is 2.44. The van der Waals surface area contributed by atoms with Crippen molar-refractivity contribution in [1.29, 1.82) is 0 Å². The predicted molar refractivity (Wildman–Crippen MR) is 81.2 cm³/mol. The van der Waals surface area contributed by atoms with Crippen LogP contribution in [0.5, 0.6) is 0 Å². The molecule has 0 aromatic carbocycles. The first-order valence-corrected chi connectivity index (χ1v) is 7.13. The Morgan fingerprint density at radius 3 is 2.91 bits per heavy atom. The second kappa shape index (κ2) is 5.57. The van der Waals surface area contributed by atoms with Crippen LogP contribution in [0.25, 0.3) is 22.3 Å². The van der Waals surface area contributed by atoms with Crippen molar-refractivity contribution in [2.24, 2.45) is 0 Å². The molecule has 3 aromatic heterocycles. The number of nitrogens with one attached hydrogen (secondary N) is 1. The number of piperazine rings is 1. The molecular formula is C14H14N8. The average molecular weight is 294 g/mol. The minimum absolute atomic E-state index is 0.579. The van der Waals surface area contributed by atoms with Gasteiger partial charge in [-0.25, -0.2) is 15.0 Å². The second-order valence-corrected chi connectivity index (χ2v) is 5.05. The van der Waals surface area contributed by atoms with Crippen molar-refractivity contribution >= 4 is 17.0 Å². The number of aromatic nitrogens is 6. The van der Waals surface area contributed by atoms with Gasteiger partial charge in [0.15, 0.2) is 5.65 Å². The minimum atomic E-state index is 0.579. The van der Waals surface area contributed by atoms with Crippen molar-refractivity contribution in [1.82, 2.24) is 35.7 Å². The zero-order valence-electron chi connectivity index (χ0n) is 11.8. The fourth-order valence-corrected chi connectivity index (χ4v) is 2.48. The van der Waals surface area contributed by atoms with Crippen molar-refractivity contribution in [2.45, 2.75) is 0 Å². The molecule has 0 atom stereocenters. The van der Waals surface area contributed by atoms with Gasteiger partial charge in [-0.3, -0.25) is 0 Å². The second-order valence-electron chi connectivity index (χ2n) is 5.05. The van der Waals surface area contributed by atoms with E-state index in [9.17, 15) is 0 Å². The molecule has 0 aliphatic carbocycles. The quantitative estimate of drug-likeness (QED) is 0.721. The minimum Gasteiger partial charge on any atom is -0.338 e. The molecule has 0 amide bonds. The lowest BCUT2D eigenvalue weighted by atomic mass is 10.2. The van der Waals surface area contributed by atoms with E-state index in [1.165, 1.54) is 0 Å². The van der Waals surface area contributed by atoms with Crippen LogP contribution < -0.4 is 10.2 Å². The van der Waals surface area contributed by atoms with Crippen molar-refractivity contribution in [3.63, 3.8) is 0 Å². The molecule has 0 unspecified atom stereocenters. The number of rotatable bonds is 2. The topological polar surface area (TPSA) is 92.6 Å². The van der Waals surface area contributed by atoms with Crippen molar-refractivity contribution in [3.8, 4) is 11.3 Å². The Balaban J connectivity index is 1.71. The third-order valence-electron chi connectivity index (χ3n) is 3.62. The van der Waals surface area contributed by atoms with E-state index < -0.39 is 0 Å². The first kappa shape index (κ1) is 13.0. The van der Waals surface area contributed by atoms with Gasteiger partial charge in [0.1, 0.15) is 0 Å². The zero-order valence-corrected chi connectivity index (χ0v) is 11.8. The van der Waals surface area contributed by atoms with E-state index in [2.05, 4.69) is 40.6 Å². The van der Waals surface area contributed by atoms with Gasteiger partial charge >= 0.3 is 0 Å². The molecule has 0 spiro atoms. The summed E-state index contributed by atoms with van der Waals surface area (Å²) >= 11 is 0. The Labute approximate surface area is 126 Å². The zero-order chi connectivity index (χ0) is 14.8. The van der Waals surface area contributed by atoms with Gasteiger partial charge in [0.25, 0.3) is 0 Å². The Morgan fingerprint density at radius 2 is 2.00 bits per heavy atom. The highest BCUT2D eigenvalue weighted by atomic mass is 15.3. The van der Waals surface area contributed by atoms with Gasteiger partial charge in [0.05, 0.1) is 11.9 Å². The molecule has 0 radical (unpaired) electrons. The summed E-state index contributed by atoms with van der Waals surface area (Å²) in [7, 11) is 0. The maximum Gasteiger partial charge on any atom is 0.225 e. The molecule has 3 aromatic rings. The highest BCUT2D eigenvalue weighted by Crippen LogP contribution is 2.21. The summed E-state index contributed by atoms with van der Waals surface area (Å²) in [6, 6.07) is 3.85. The van der Waals surface area contributed by atoms with E-state index >= 15 is 0 Å². The number of nitrogens with zero attached hydrogens (tertiary/aromatic N) is 7. The van der Waals surface area contributed by atoms with Crippen LogP contribution in [0.15, 0.2) is 30.7 Å². The maximum atomic E-state index is 4.66. The summed E-state index contributed by atoms with van der Waals surface area (Å²) in [4.78, 5) is 15.5. The lowest BCUT2D eigenvalue weighted by Crippen LogP contribution is -2.44. The van der Waals surface area contributed by atoms with Gasteiger partial charge in [-0.2, -0.15) is 0 Å². The largest absolute Gasteiger partial charge is 0.338 e. The Kier molecular flexibility index (Phi) is 3.28. The maximum absolute atomic E-state index is 4.66. The van der Waals surface area contributed by atoms with Crippen LogP contribution in [0.3, 0.4) is 0 Å². The molecule has 0 saturated carbocycles. The molecule has 1 fully saturated rings. The average Bonchev–Trinajstić information content (AvgIpc) is 2.62. The van der Waals surface area contributed by atoms with Crippen LogP contribution in [-0.2, 0) is 0 Å². The molecule has 0 bridgehead atoms. The van der Waals surface area contributed by atoms with Crippen molar-refractivity contribution < 1.29 is 0 Å². The highest BCUT2D eigenvalue weighted by molar-refractivity contribution is 5.78. The lowest BCUT2D eigenvalue weighted by Gasteiger charge is -2.27. The number of pyridine rings is 1. The van der Waals surface area contributed by atoms with Crippen LogP contribution in [0.4, 0.5) is 5.95 Å². The van der Waals surface area contributed by atoms with Crippen molar-refractivity contribution in [2.75, 3.05) is 31.1 Å². The number of anilines is 1. The molecule has 8 heteroatoms. The van der Waals surface area contributed by atoms with E-state index in [1.54, 1.807) is 18.6 Å². The fraction of sp³-hybridized carbons (Fsp3) is 0.286. The molecule has 1 aliphatic rings. The van der Waals surface area contributed by atoms with E-state index in [-0.39, 0.29) is 0 Å². The fourth-order valence-electron chi connectivity index (χ4n) is 2.48. The molecule has 1 aliphatic heterocycles. The summed E-state index contributed by atoms with van der Waals surface area (Å²) in [5.41, 5.74) is 2.34.